The van der Waals surface area contributed by atoms with Crippen molar-refractivity contribution in [2.24, 2.45) is 0 Å². The molecule has 7 heteroatoms. The zero-order valence-corrected chi connectivity index (χ0v) is 18.0. The normalized spacial score (nSPS) is 16.0. The molecule has 0 saturated heterocycles. The van der Waals surface area contributed by atoms with Crippen LogP contribution < -0.4 is 25.4 Å². The average Bonchev–Trinajstić information content (AvgIpc) is 2.65. The molecule has 152 valence electrons. The number of hydrogen-bond acceptors (Lipinski definition) is 4. The summed E-state index contributed by atoms with van der Waals surface area (Å²) in [6.45, 7) is 5.84. The highest BCUT2D eigenvalue weighted by molar-refractivity contribution is 7.80. The minimum atomic E-state index is -0.486. The van der Waals surface area contributed by atoms with E-state index < -0.39 is 6.04 Å². The molecule has 2 aromatic rings. The first-order valence-corrected chi connectivity index (χ1v) is 9.63. The number of amides is 1. The van der Waals surface area contributed by atoms with Crippen LogP contribution in [0.15, 0.2) is 47.7 Å². The van der Waals surface area contributed by atoms with E-state index in [1.54, 1.807) is 14.2 Å². The van der Waals surface area contributed by atoms with Gasteiger partial charge in [0.05, 0.1) is 25.8 Å². The highest BCUT2D eigenvalue weighted by atomic mass is 32.1. The molecular formula is C22H25N3O3S. The summed E-state index contributed by atoms with van der Waals surface area (Å²) >= 11 is 5.34. The van der Waals surface area contributed by atoms with E-state index in [9.17, 15) is 4.79 Å². The molecule has 0 spiro atoms. The SMILES string of the molecule is COc1cccc([C@@H]2NC(=S)NC(C)=C2C(=O)Nc2cc(C)cc(C)c2)c1OC. The second-order valence-electron chi connectivity index (χ2n) is 6.98. The van der Waals surface area contributed by atoms with Crippen LogP contribution in [0.5, 0.6) is 11.5 Å². The molecule has 0 aromatic heterocycles. The van der Waals surface area contributed by atoms with Gasteiger partial charge in [-0.2, -0.15) is 0 Å². The van der Waals surface area contributed by atoms with Gasteiger partial charge in [0, 0.05) is 16.9 Å². The Hall–Kier alpha value is -3.06. The van der Waals surface area contributed by atoms with Crippen LogP contribution in [-0.4, -0.2) is 25.2 Å². The lowest BCUT2D eigenvalue weighted by Crippen LogP contribution is -2.45. The van der Waals surface area contributed by atoms with Gasteiger partial charge in [0.2, 0.25) is 0 Å². The Morgan fingerprint density at radius 3 is 2.38 bits per heavy atom. The van der Waals surface area contributed by atoms with E-state index in [2.05, 4.69) is 22.0 Å². The molecule has 1 aliphatic heterocycles. The molecule has 1 aliphatic rings. The number of rotatable bonds is 5. The predicted octanol–water partition coefficient (Wildman–Crippen LogP) is 3.75. The maximum absolute atomic E-state index is 13.3. The quantitative estimate of drug-likeness (QED) is 0.651. The Morgan fingerprint density at radius 2 is 1.76 bits per heavy atom. The van der Waals surface area contributed by atoms with Gasteiger partial charge in [-0.3, -0.25) is 4.79 Å². The van der Waals surface area contributed by atoms with E-state index >= 15 is 0 Å². The minimum absolute atomic E-state index is 0.218. The van der Waals surface area contributed by atoms with Gasteiger partial charge >= 0.3 is 0 Å². The van der Waals surface area contributed by atoms with Crippen molar-refractivity contribution in [3.05, 3.63) is 64.4 Å². The van der Waals surface area contributed by atoms with E-state index in [0.717, 1.165) is 22.4 Å². The molecule has 1 heterocycles. The number of carbonyl (C=O) groups is 1. The highest BCUT2D eigenvalue weighted by Crippen LogP contribution is 2.39. The van der Waals surface area contributed by atoms with Crippen LogP contribution in [0.2, 0.25) is 0 Å². The molecule has 0 saturated carbocycles. The van der Waals surface area contributed by atoms with Gasteiger partial charge in [-0.1, -0.05) is 18.2 Å². The van der Waals surface area contributed by atoms with E-state index in [4.69, 9.17) is 21.7 Å². The first-order valence-electron chi connectivity index (χ1n) is 9.23. The van der Waals surface area contributed by atoms with E-state index in [1.165, 1.54) is 0 Å². The summed E-state index contributed by atoms with van der Waals surface area (Å²) in [7, 11) is 3.16. The summed E-state index contributed by atoms with van der Waals surface area (Å²) in [4.78, 5) is 13.3. The first-order chi connectivity index (χ1) is 13.8. The number of anilines is 1. The largest absolute Gasteiger partial charge is 0.493 e. The second-order valence-corrected chi connectivity index (χ2v) is 7.39. The fraction of sp³-hybridized carbons (Fsp3) is 0.273. The smallest absolute Gasteiger partial charge is 0.255 e. The van der Waals surface area contributed by atoms with Crippen molar-refractivity contribution in [3.63, 3.8) is 0 Å². The molecule has 1 amide bonds. The van der Waals surface area contributed by atoms with Gasteiger partial charge in [0.15, 0.2) is 16.6 Å². The van der Waals surface area contributed by atoms with Crippen molar-refractivity contribution in [2.75, 3.05) is 19.5 Å². The Morgan fingerprint density at radius 1 is 1.07 bits per heavy atom. The monoisotopic (exact) mass is 411 g/mol. The highest BCUT2D eigenvalue weighted by Gasteiger charge is 2.32. The Kier molecular flexibility index (Phi) is 6.08. The third-order valence-corrected chi connectivity index (χ3v) is 4.96. The molecule has 3 N–H and O–H groups in total. The van der Waals surface area contributed by atoms with Crippen molar-refractivity contribution in [2.45, 2.75) is 26.8 Å². The molecule has 0 bridgehead atoms. The molecule has 0 radical (unpaired) electrons. The maximum atomic E-state index is 13.3. The Labute approximate surface area is 176 Å². The molecule has 2 aromatic carbocycles. The van der Waals surface area contributed by atoms with Crippen LogP contribution in [0.25, 0.3) is 0 Å². The fourth-order valence-corrected chi connectivity index (χ4v) is 3.88. The molecule has 6 nitrogen and oxygen atoms in total. The number of allylic oxidation sites excluding steroid dienone is 1. The van der Waals surface area contributed by atoms with Gasteiger partial charge < -0.3 is 25.4 Å². The number of carbonyl (C=O) groups excluding carboxylic acids is 1. The summed E-state index contributed by atoms with van der Waals surface area (Å²) in [6.07, 6.45) is 0. The van der Waals surface area contributed by atoms with Crippen molar-refractivity contribution < 1.29 is 14.3 Å². The van der Waals surface area contributed by atoms with Crippen molar-refractivity contribution in [3.8, 4) is 11.5 Å². The van der Waals surface area contributed by atoms with Crippen molar-refractivity contribution >= 4 is 28.9 Å². The lowest BCUT2D eigenvalue weighted by atomic mass is 9.93. The number of hydrogen-bond donors (Lipinski definition) is 3. The van der Waals surface area contributed by atoms with Gasteiger partial charge in [0.25, 0.3) is 5.91 Å². The van der Waals surface area contributed by atoms with Gasteiger partial charge in [-0.15, -0.1) is 0 Å². The molecule has 0 aliphatic carbocycles. The zero-order valence-electron chi connectivity index (χ0n) is 17.2. The number of thiocarbonyl (C=S) groups is 1. The molecule has 1 atom stereocenters. The van der Waals surface area contributed by atoms with Crippen LogP contribution in [0.3, 0.4) is 0 Å². The maximum Gasteiger partial charge on any atom is 0.255 e. The van der Waals surface area contributed by atoms with Crippen molar-refractivity contribution in [1.29, 1.82) is 0 Å². The van der Waals surface area contributed by atoms with Crippen LogP contribution in [0.4, 0.5) is 5.69 Å². The van der Waals surface area contributed by atoms with Crippen LogP contribution in [0, 0.1) is 13.8 Å². The van der Waals surface area contributed by atoms with Gasteiger partial charge in [-0.05, 0) is 62.3 Å². The Bertz CT molecular complexity index is 981. The number of methoxy groups -OCH3 is 2. The molecule has 0 fully saturated rings. The fourth-order valence-electron chi connectivity index (χ4n) is 3.61. The summed E-state index contributed by atoms with van der Waals surface area (Å²) in [6, 6.07) is 11.0. The summed E-state index contributed by atoms with van der Waals surface area (Å²) in [5.41, 5.74) is 4.89. The zero-order chi connectivity index (χ0) is 21.1. The van der Waals surface area contributed by atoms with Gasteiger partial charge in [-0.25, -0.2) is 0 Å². The number of nitrogens with one attached hydrogen (secondary N) is 3. The number of ether oxygens (including phenoxy) is 2. The minimum Gasteiger partial charge on any atom is -0.493 e. The lowest BCUT2D eigenvalue weighted by Gasteiger charge is -2.31. The lowest BCUT2D eigenvalue weighted by molar-refractivity contribution is -0.113. The van der Waals surface area contributed by atoms with Crippen molar-refractivity contribution in [1.82, 2.24) is 10.6 Å². The number of para-hydroxylation sites is 1. The van der Waals surface area contributed by atoms with Crippen LogP contribution in [-0.2, 0) is 4.79 Å². The second kappa shape index (κ2) is 8.53. The summed E-state index contributed by atoms with van der Waals surface area (Å²) < 4.78 is 11.0. The van der Waals surface area contributed by atoms with E-state index in [0.29, 0.717) is 27.9 Å². The van der Waals surface area contributed by atoms with E-state index in [1.807, 2.05) is 51.1 Å². The molecule has 3 rings (SSSR count). The van der Waals surface area contributed by atoms with Gasteiger partial charge in [0.1, 0.15) is 0 Å². The average molecular weight is 412 g/mol. The number of benzene rings is 2. The number of aryl methyl sites for hydroxylation is 2. The Balaban J connectivity index is 2.04. The third-order valence-electron chi connectivity index (χ3n) is 4.74. The van der Waals surface area contributed by atoms with Crippen LogP contribution >= 0.6 is 12.2 Å². The predicted molar refractivity (Wildman–Crippen MR) is 118 cm³/mol. The molecule has 29 heavy (non-hydrogen) atoms. The van der Waals surface area contributed by atoms with E-state index in [-0.39, 0.29) is 5.91 Å². The third kappa shape index (κ3) is 4.35. The van der Waals surface area contributed by atoms with Crippen LogP contribution in [0.1, 0.15) is 29.7 Å². The summed E-state index contributed by atoms with van der Waals surface area (Å²) in [5, 5.41) is 9.70. The topological polar surface area (TPSA) is 71.6 Å². The standard InChI is InChI=1S/C22H25N3O3S/c1-12-9-13(2)11-15(10-12)24-21(26)18-14(3)23-22(29)25-19(18)16-7-6-8-17(27-4)20(16)28-5/h6-11,19H,1-5H3,(H,24,26)(H2,23,25,29)/t19-/m0/s1. The summed E-state index contributed by atoms with van der Waals surface area (Å²) in [5.74, 6) is 0.926. The first kappa shape index (κ1) is 20.7. The molecular weight excluding hydrogens is 386 g/mol. The molecule has 0 unspecified atom stereocenters.